The molecule has 2 saturated heterocycles. The lowest BCUT2D eigenvalue weighted by molar-refractivity contribution is -0.138. The predicted molar refractivity (Wildman–Crippen MR) is 97.6 cm³/mol. The van der Waals surface area contributed by atoms with Gasteiger partial charge in [-0.1, -0.05) is 19.1 Å². The van der Waals surface area contributed by atoms with Gasteiger partial charge in [0.1, 0.15) is 0 Å². The van der Waals surface area contributed by atoms with Gasteiger partial charge in [0.2, 0.25) is 11.8 Å². The van der Waals surface area contributed by atoms with Crippen molar-refractivity contribution in [3.05, 3.63) is 29.8 Å². The predicted octanol–water partition coefficient (Wildman–Crippen LogP) is 1.84. The third-order valence-electron chi connectivity index (χ3n) is 4.91. The summed E-state index contributed by atoms with van der Waals surface area (Å²) in [4.78, 5) is 28.8. The average Bonchev–Trinajstić information content (AvgIpc) is 2.96. The van der Waals surface area contributed by atoms with Crippen LogP contribution in [0.3, 0.4) is 0 Å². The minimum atomic E-state index is -0.214. The summed E-state index contributed by atoms with van der Waals surface area (Å²) in [5.74, 6) is -0.0377. The van der Waals surface area contributed by atoms with E-state index in [0.717, 1.165) is 31.7 Å². The van der Waals surface area contributed by atoms with Gasteiger partial charge in [0.05, 0.1) is 5.92 Å². The van der Waals surface area contributed by atoms with Crippen LogP contribution in [0, 0.1) is 5.92 Å². The van der Waals surface area contributed by atoms with E-state index in [1.165, 1.54) is 5.56 Å². The van der Waals surface area contributed by atoms with Gasteiger partial charge in [-0.25, -0.2) is 0 Å². The Kier molecular flexibility index (Phi) is 6.24. The maximum absolute atomic E-state index is 12.8. The normalized spacial score (nSPS) is 24.0. The van der Waals surface area contributed by atoms with Crippen LogP contribution in [0.15, 0.2) is 24.3 Å². The zero-order valence-corrected chi connectivity index (χ0v) is 15.1. The van der Waals surface area contributed by atoms with E-state index in [9.17, 15) is 9.59 Å². The third kappa shape index (κ3) is 3.73. The van der Waals surface area contributed by atoms with Crippen molar-refractivity contribution in [2.24, 2.45) is 5.92 Å². The number of benzene rings is 1. The molecule has 132 valence electrons. The number of hydrogen-bond donors (Lipinski definition) is 1. The van der Waals surface area contributed by atoms with Crippen LogP contribution in [-0.2, 0) is 16.0 Å². The van der Waals surface area contributed by atoms with Crippen molar-refractivity contribution in [2.75, 3.05) is 31.1 Å². The van der Waals surface area contributed by atoms with Crippen LogP contribution in [0.25, 0.3) is 0 Å². The summed E-state index contributed by atoms with van der Waals surface area (Å²) < 4.78 is 0. The lowest BCUT2D eigenvalue weighted by Gasteiger charge is -2.35. The van der Waals surface area contributed by atoms with Gasteiger partial charge in [-0.15, -0.1) is 12.4 Å². The first-order chi connectivity index (χ1) is 11.1. The Morgan fingerprint density at radius 3 is 2.62 bits per heavy atom. The van der Waals surface area contributed by atoms with Crippen molar-refractivity contribution in [2.45, 2.75) is 32.7 Å². The van der Waals surface area contributed by atoms with E-state index < -0.39 is 0 Å². The zero-order chi connectivity index (χ0) is 16.4. The standard InChI is InChI=1S/C18H25N3O2.ClH/c1-3-14-4-6-16(7-5-14)21-12-15(10-17(21)22)18(23)20-9-8-19-11-13(20)2;/h4-7,13,15,19H,3,8-12H2,1-2H3;1H. The molecule has 5 nitrogen and oxygen atoms in total. The third-order valence-corrected chi connectivity index (χ3v) is 4.91. The van der Waals surface area contributed by atoms with Crippen LogP contribution in [0.5, 0.6) is 0 Å². The molecule has 1 aromatic carbocycles. The van der Waals surface area contributed by atoms with Gasteiger partial charge in [0.25, 0.3) is 0 Å². The number of halogens is 1. The minimum absolute atomic E-state index is 0. The second kappa shape index (κ2) is 7.99. The lowest BCUT2D eigenvalue weighted by Crippen LogP contribution is -2.54. The van der Waals surface area contributed by atoms with E-state index >= 15 is 0 Å². The molecule has 0 aliphatic carbocycles. The maximum atomic E-state index is 12.8. The number of aryl methyl sites for hydroxylation is 1. The lowest BCUT2D eigenvalue weighted by atomic mass is 10.0. The summed E-state index contributed by atoms with van der Waals surface area (Å²) in [5, 5.41) is 3.29. The number of hydrogen-bond acceptors (Lipinski definition) is 3. The molecule has 0 radical (unpaired) electrons. The monoisotopic (exact) mass is 351 g/mol. The molecule has 2 aliphatic heterocycles. The van der Waals surface area contributed by atoms with Gasteiger partial charge >= 0.3 is 0 Å². The van der Waals surface area contributed by atoms with Gasteiger partial charge in [-0.05, 0) is 31.0 Å². The Hall–Kier alpha value is -1.59. The van der Waals surface area contributed by atoms with Crippen LogP contribution < -0.4 is 10.2 Å². The average molecular weight is 352 g/mol. The number of carbonyl (C=O) groups excluding carboxylic acids is 2. The molecule has 2 fully saturated rings. The zero-order valence-electron chi connectivity index (χ0n) is 14.3. The molecule has 2 atom stereocenters. The van der Waals surface area contributed by atoms with Crippen LogP contribution in [0.2, 0.25) is 0 Å². The van der Waals surface area contributed by atoms with Gasteiger partial charge in [-0.3, -0.25) is 9.59 Å². The summed E-state index contributed by atoms with van der Waals surface area (Å²) in [6, 6.07) is 8.27. The maximum Gasteiger partial charge on any atom is 0.228 e. The number of amides is 2. The highest BCUT2D eigenvalue weighted by molar-refractivity contribution is 6.00. The summed E-state index contributed by atoms with van der Waals surface area (Å²) >= 11 is 0. The van der Waals surface area contributed by atoms with E-state index in [4.69, 9.17) is 0 Å². The van der Waals surface area contributed by atoms with Crippen LogP contribution >= 0.6 is 12.4 Å². The second-order valence-corrected chi connectivity index (χ2v) is 6.51. The van der Waals surface area contributed by atoms with Gasteiger partial charge in [0.15, 0.2) is 0 Å². The Morgan fingerprint density at radius 2 is 2.00 bits per heavy atom. The minimum Gasteiger partial charge on any atom is -0.337 e. The molecular formula is C18H26ClN3O2. The number of rotatable bonds is 3. The molecule has 1 N–H and O–H groups in total. The molecule has 2 unspecified atom stereocenters. The van der Waals surface area contributed by atoms with Crippen molar-refractivity contribution in [1.29, 1.82) is 0 Å². The highest BCUT2D eigenvalue weighted by atomic mass is 35.5. The van der Waals surface area contributed by atoms with Crippen molar-refractivity contribution in [3.8, 4) is 0 Å². The van der Waals surface area contributed by atoms with Gasteiger partial charge in [-0.2, -0.15) is 0 Å². The molecule has 1 aromatic rings. The summed E-state index contributed by atoms with van der Waals surface area (Å²) in [6.07, 6.45) is 1.31. The molecule has 2 amide bonds. The van der Waals surface area contributed by atoms with E-state index in [0.29, 0.717) is 13.0 Å². The van der Waals surface area contributed by atoms with E-state index in [2.05, 4.69) is 31.3 Å². The Morgan fingerprint density at radius 1 is 1.29 bits per heavy atom. The Bertz CT molecular complexity index is 590. The molecule has 0 aromatic heterocycles. The van der Waals surface area contributed by atoms with Gasteiger partial charge < -0.3 is 15.1 Å². The first kappa shape index (κ1) is 18.7. The molecule has 2 heterocycles. The van der Waals surface area contributed by atoms with Gasteiger partial charge in [0, 0.05) is 44.3 Å². The molecule has 2 aliphatic rings. The molecule has 0 spiro atoms. The van der Waals surface area contributed by atoms with Crippen molar-refractivity contribution < 1.29 is 9.59 Å². The van der Waals surface area contributed by atoms with Crippen LogP contribution in [0.1, 0.15) is 25.8 Å². The summed E-state index contributed by atoms with van der Waals surface area (Å²) in [6.45, 7) is 7.06. The number of nitrogens with zero attached hydrogens (tertiary/aromatic N) is 2. The van der Waals surface area contributed by atoms with Crippen molar-refractivity contribution in [1.82, 2.24) is 10.2 Å². The first-order valence-corrected chi connectivity index (χ1v) is 8.50. The molecule has 24 heavy (non-hydrogen) atoms. The van der Waals surface area contributed by atoms with E-state index in [-0.39, 0.29) is 36.2 Å². The molecule has 3 rings (SSSR count). The number of piperazine rings is 1. The number of anilines is 1. The Labute approximate surface area is 149 Å². The fourth-order valence-electron chi connectivity index (χ4n) is 3.44. The summed E-state index contributed by atoms with van der Waals surface area (Å²) in [5.41, 5.74) is 2.15. The number of carbonyl (C=O) groups is 2. The quantitative estimate of drug-likeness (QED) is 0.904. The Balaban J connectivity index is 0.00000208. The van der Waals surface area contributed by atoms with Crippen LogP contribution in [-0.4, -0.2) is 48.9 Å². The first-order valence-electron chi connectivity index (χ1n) is 8.50. The van der Waals surface area contributed by atoms with Crippen molar-refractivity contribution in [3.63, 3.8) is 0 Å². The van der Waals surface area contributed by atoms with E-state index in [1.54, 1.807) is 4.90 Å². The molecule has 6 heteroatoms. The topological polar surface area (TPSA) is 52.7 Å². The fraction of sp³-hybridized carbons (Fsp3) is 0.556. The van der Waals surface area contributed by atoms with Crippen molar-refractivity contribution >= 4 is 29.9 Å². The second-order valence-electron chi connectivity index (χ2n) is 6.51. The largest absolute Gasteiger partial charge is 0.337 e. The van der Waals surface area contributed by atoms with E-state index in [1.807, 2.05) is 17.0 Å². The number of nitrogens with one attached hydrogen (secondary N) is 1. The highest BCUT2D eigenvalue weighted by Crippen LogP contribution is 2.27. The summed E-state index contributed by atoms with van der Waals surface area (Å²) in [7, 11) is 0. The van der Waals surface area contributed by atoms with Crippen LogP contribution in [0.4, 0.5) is 5.69 Å². The molecule has 0 bridgehead atoms. The molecular weight excluding hydrogens is 326 g/mol. The fourth-order valence-corrected chi connectivity index (χ4v) is 3.44. The smallest absolute Gasteiger partial charge is 0.228 e. The highest BCUT2D eigenvalue weighted by Gasteiger charge is 2.38. The molecule has 0 saturated carbocycles. The SMILES string of the molecule is CCc1ccc(N2CC(C(=O)N3CCNCC3C)CC2=O)cc1.Cl.